The molecule has 0 saturated carbocycles. The highest BCUT2D eigenvalue weighted by Crippen LogP contribution is 2.21. The third-order valence-electron chi connectivity index (χ3n) is 3.20. The first-order valence-corrected chi connectivity index (χ1v) is 7.64. The van der Waals surface area contributed by atoms with Crippen LogP contribution in [-0.4, -0.2) is 19.2 Å². The topological polar surface area (TPSA) is 21.3 Å². The van der Waals surface area contributed by atoms with Crippen LogP contribution in [0.2, 0.25) is 0 Å². The van der Waals surface area contributed by atoms with E-state index < -0.39 is 0 Å². The van der Waals surface area contributed by atoms with E-state index in [1.54, 1.807) is 0 Å². The summed E-state index contributed by atoms with van der Waals surface area (Å²) in [5.41, 5.74) is 1.03. The van der Waals surface area contributed by atoms with Gasteiger partial charge in [0.05, 0.1) is 12.2 Å². The van der Waals surface area contributed by atoms with Crippen molar-refractivity contribution >= 4 is 0 Å². The van der Waals surface area contributed by atoms with Crippen molar-refractivity contribution in [2.75, 3.05) is 13.1 Å². The molecule has 2 unspecified atom stereocenters. The van der Waals surface area contributed by atoms with Crippen LogP contribution in [0.15, 0.2) is 24.3 Å². The van der Waals surface area contributed by atoms with Gasteiger partial charge in [-0.1, -0.05) is 32.9 Å². The third-order valence-corrected chi connectivity index (χ3v) is 3.20. The molecule has 0 aliphatic heterocycles. The number of hydrogen-bond donors (Lipinski definition) is 1. The maximum absolute atomic E-state index is 13.0. The Kier molecular flexibility index (Phi) is 7.78. The summed E-state index contributed by atoms with van der Waals surface area (Å²) in [6, 6.07) is 6.63. The van der Waals surface area contributed by atoms with Crippen molar-refractivity contribution in [1.82, 2.24) is 5.32 Å². The molecule has 0 aromatic heterocycles. The van der Waals surface area contributed by atoms with E-state index in [1.807, 2.05) is 12.1 Å². The van der Waals surface area contributed by atoms with E-state index in [0.29, 0.717) is 5.92 Å². The summed E-state index contributed by atoms with van der Waals surface area (Å²) >= 11 is 0. The number of halogens is 1. The van der Waals surface area contributed by atoms with Gasteiger partial charge in [0.2, 0.25) is 0 Å². The molecule has 0 radical (unpaired) electrons. The van der Waals surface area contributed by atoms with Gasteiger partial charge in [-0.15, -0.1) is 0 Å². The Hall–Kier alpha value is -0.930. The molecule has 0 amide bonds. The molecule has 0 bridgehead atoms. The van der Waals surface area contributed by atoms with E-state index in [2.05, 4.69) is 33.0 Å². The lowest BCUT2D eigenvalue weighted by Crippen LogP contribution is -2.27. The van der Waals surface area contributed by atoms with Crippen molar-refractivity contribution < 1.29 is 9.13 Å². The first-order valence-electron chi connectivity index (χ1n) is 7.64. The second-order valence-electron chi connectivity index (χ2n) is 5.82. The molecule has 2 atom stereocenters. The fourth-order valence-electron chi connectivity index (χ4n) is 2.33. The van der Waals surface area contributed by atoms with Gasteiger partial charge >= 0.3 is 0 Å². The normalized spacial score (nSPS) is 14.5. The maximum Gasteiger partial charge on any atom is 0.123 e. The van der Waals surface area contributed by atoms with Gasteiger partial charge in [0.25, 0.3) is 0 Å². The van der Waals surface area contributed by atoms with Gasteiger partial charge in [-0.2, -0.15) is 0 Å². The lowest BCUT2D eigenvalue weighted by atomic mass is 10.1. The van der Waals surface area contributed by atoms with Gasteiger partial charge < -0.3 is 10.1 Å². The van der Waals surface area contributed by atoms with Crippen LogP contribution < -0.4 is 5.32 Å². The van der Waals surface area contributed by atoms with Crippen molar-refractivity contribution in [2.45, 2.75) is 52.7 Å². The van der Waals surface area contributed by atoms with Crippen LogP contribution in [0.25, 0.3) is 0 Å². The van der Waals surface area contributed by atoms with Gasteiger partial charge in [0, 0.05) is 6.54 Å². The Morgan fingerprint density at radius 1 is 1.15 bits per heavy atom. The van der Waals surface area contributed by atoms with E-state index >= 15 is 0 Å². The standard InChI is InChI=1S/C17H28FNO/c1-5-10-19-12-17(20-14(4)11-13(2)3)15-6-8-16(18)9-7-15/h6-9,13-14,17,19H,5,10-12H2,1-4H3. The zero-order valence-electron chi connectivity index (χ0n) is 13.2. The molecule has 3 heteroatoms. The molecule has 0 aliphatic carbocycles. The first kappa shape index (κ1) is 17.1. The molecule has 2 nitrogen and oxygen atoms in total. The smallest absolute Gasteiger partial charge is 0.123 e. The van der Waals surface area contributed by atoms with Gasteiger partial charge in [0.1, 0.15) is 5.82 Å². The van der Waals surface area contributed by atoms with Crippen LogP contribution in [0.4, 0.5) is 4.39 Å². The zero-order chi connectivity index (χ0) is 15.0. The second kappa shape index (κ2) is 9.09. The lowest BCUT2D eigenvalue weighted by Gasteiger charge is -2.24. The molecule has 1 aromatic rings. The molecule has 114 valence electrons. The summed E-state index contributed by atoms with van der Waals surface area (Å²) in [5, 5.41) is 3.39. The predicted octanol–water partition coefficient (Wildman–Crippen LogP) is 4.32. The minimum absolute atomic E-state index is 0.0177. The van der Waals surface area contributed by atoms with Gasteiger partial charge in [-0.05, 0) is 49.9 Å². The number of benzene rings is 1. The molecule has 1 rings (SSSR count). The Morgan fingerprint density at radius 2 is 1.80 bits per heavy atom. The summed E-state index contributed by atoms with van der Waals surface area (Å²) in [5.74, 6) is 0.409. The van der Waals surface area contributed by atoms with E-state index in [0.717, 1.165) is 31.5 Å². The molecular weight excluding hydrogens is 253 g/mol. The van der Waals surface area contributed by atoms with E-state index in [-0.39, 0.29) is 18.0 Å². The van der Waals surface area contributed by atoms with E-state index in [9.17, 15) is 4.39 Å². The van der Waals surface area contributed by atoms with Crippen LogP contribution >= 0.6 is 0 Å². The largest absolute Gasteiger partial charge is 0.369 e. The first-order chi connectivity index (χ1) is 9.52. The monoisotopic (exact) mass is 281 g/mol. The van der Waals surface area contributed by atoms with Crippen molar-refractivity contribution in [2.24, 2.45) is 5.92 Å². The second-order valence-corrected chi connectivity index (χ2v) is 5.82. The average Bonchev–Trinajstić information content (AvgIpc) is 2.38. The summed E-state index contributed by atoms with van der Waals surface area (Å²) in [4.78, 5) is 0. The molecule has 0 aliphatic rings. The average molecular weight is 281 g/mol. The van der Waals surface area contributed by atoms with Crippen molar-refractivity contribution in [3.63, 3.8) is 0 Å². The van der Waals surface area contributed by atoms with Gasteiger partial charge in [-0.25, -0.2) is 4.39 Å². The van der Waals surface area contributed by atoms with Gasteiger partial charge in [-0.3, -0.25) is 0 Å². The highest BCUT2D eigenvalue weighted by Gasteiger charge is 2.16. The molecule has 1 N–H and O–H groups in total. The molecule has 0 spiro atoms. The predicted molar refractivity (Wildman–Crippen MR) is 82.3 cm³/mol. The van der Waals surface area contributed by atoms with Crippen LogP contribution in [0, 0.1) is 11.7 Å². The summed E-state index contributed by atoms with van der Waals surface area (Å²) in [7, 11) is 0. The minimum atomic E-state index is -0.204. The fourth-order valence-corrected chi connectivity index (χ4v) is 2.33. The molecule has 1 aromatic carbocycles. The number of nitrogens with one attached hydrogen (secondary N) is 1. The molecule has 20 heavy (non-hydrogen) atoms. The number of ether oxygens (including phenoxy) is 1. The zero-order valence-corrected chi connectivity index (χ0v) is 13.2. The van der Waals surface area contributed by atoms with Crippen LogP contribution in [0.5, 0.6) is 0 Å². The Balaban J connectivity index is 2.66. The fraction of sp³-hybridized carbons (Fsp3) is 0.647. The molecular formula is C17H28FNO. The summed E-state index contributed by atoms with van der Waals surface area (Å²) in [6.45, 7) is 10.4. The maximum atomic E-state index is 13.0. The van der Waals surface area contributed by atoms with Crippen LogP contribution in [0.1, 0.15) is 52.2 Å². The van der Waals surface area contributed by atoms with E-state index in [4.69, 9.17) is 4.74 Å². The van der Waals surface area contributed by atoms with Gasteiger partial charge in [0.15, 0.2) is 0 Å². The Bertz CT molecular complexity index is 364. The minimum Gasteiger partial charge on any atom is -0.369 e. The number of hydrogen-bond acceptors (Lipinski definition) is 2. The quantitative estimate of drug-likeness (QED) is 0.681. The lowest BCUT2D eigenvalue weighted by molar-refractivity contribution is -0.0125. The van der Waals surface area contributed by atoms with E-state index in [1.165, 1.54) is 12.1 Å². The summed E-state index contributed by atoms with van der Waals surface area (Å²) < 4.78 is 19.2. The summed E-state index contributed by atoms with van der Waals surface area (Å²) in [6.07, 6.45) is 2.31. The molecule has 0 heterocycles. The highest BCUT2D eigenvalue weighted by atomic mass is 19.1. The molecule has 0 fully saturated rings. The van der Waals surface area contributed by atoms with Crippen LogP contribution in [0.3, 0.4) is 0 Å². The van der Waals surface area contributed by atoms with Crippen LogP contribution in [-0.2, 0) is 4.74 Å². The third kappa shape index (κ3) is 6.49. The Morgan fingerprint density at radius 3 is 2.35 bits per heavy atom. The molecule has 0 saturated heterocycles. The van der Waals surface area contributed by atoms with Crippen molar-refractivity contribution in [3.05, 3.63) is 35.6 Å². The van der Waals surface area contributed by atoms with Crippen molar-refractivity contribution in [1.29, 1.82) is 0 Å². The van der Waals surface area contributed by atoms with Crippen molar-refractivity contribution in [3.8, 4) is 0 Å². The SMILES string of the molecule is CCCNCC(OC(C)CC(C)C)c1ccc(F)cc1. The Labute approximate surface area is 122 Å². The highest BCUT2D eigenvalue weighted by molar-refractivity contribution is 5.19. The number of rotatable bonds is 9.